The van der Waals surface area contributed by atoms with Gasteiger partial charge in [-0.15, -0.1) is 0 Å². The summed E-state index contributed by atoms with van der Waals surface area (Å²) in [4.78, 5) is 11.7. The van der Waals surface area contributed by atoms with Crippen molar-refractivity contribution in [3.05, 3.63) is 63.1 Å². The Hall–Kier alpha value is -1.87. The van der Waals surface area contributed by atoms with Gasteiger partial charge in [0.15, 0.2) is 5.43 Å². The molecule has 0 fully saturated rings. The molecule has 94 valence electrons. The Morgan fingerprint density at radius 1 is 1.17 bits per heavy atom. The van der Waals surface area contributed by atoms with Gasteiger partial charge in [-0.25, -0.2) is 0 Å². The monoisotopic (exact) mass is 242 g/mol. The van der Waals surface area contributed by atoms with Crippen molar-refractivity contribution in [3.63, 3.8) is 0 Å². The van der Waals surface area contributed by atoms with E-state index in [2.05, 4.69) is 26.0 Å². The Morgan fingerprint density at radius 3 is 2.33 bits per heavy atom. The molecule has 0 spiro atoms. The molecule has 2 rings (SSSR count). The van der Waals surface area contributed by atoms with Crippen LogP contribution in [0.4, 0.5) is 0 Å². The van der Waals surface area contributed by atoms with Crippen LogP contribution in [0, 0.1) is 20.8 Å². The van der Waals surface area contributed by atoms with Crippen molar-refractivity contribution in [2.75, 3.05) is 0 Å². The van der Waals surface area contributed by atoms with E-state index in [9.17, 15) is 4.79 Å². The Morgan fingerprint density at radius 2 is 1.78 bits per heavy atom. The number of hydrogen-bond acceptors (Lipinski definition) is 2. The van der Waals surface area contributed by atoms with Gasteiger partial charge in [-0.05, 0) is 31.9 Å². The van der Waals surface area contributed by atoms with Crippen LogP contribution < -0.4 is 11.2 Å². The largest absolute Gasteiger partial charge is 0.326 e. The lowest BCUT2D eigenvalue weighted by molar-refractivity contribution is 0.909. The predicted molar refractivity (Wildman–Crippen MR) is 74.1 cm³/mol. The molecular formula is C15H18N2O. The summed E-state index contributed by atoms with van der Waals surface area (Å²) in [5.74, 6) is 0. The first-order valence-corrected chi connectivity index (χ1v) is 6.03. The van der Waals surface area contributed by atoms with E-state index in [-0.39, 0.29) is 12.0 Å². The summed E-state index contributed by atoms with van der Waals surface area (Å²) in [6.07, 6.45) is 1.85. The van der Waals surface area contributed by atoms with Crippen LogP contribution >= 0.6 is 0 Å². The summed E-state index contributed by atoms with van der Waals surface area (Å²) in [6, 6.07) is 7.83. The van der Waals surface area contributed by atoms with Crippen molar-refractivity contribution in [1.82, 2.24) is 4.57 Å². The highest BCUT2D eigenvalue weighted by Crippen LogP contribution is 2.20. The standard InChI is InChI=1S/C15H18N2O/c1-10-5-4-6-11(2)15(10)17-9-13(8-16)14(18)7-12(17)3/h4-7,9H,8,16H2,1-3H3. The van der Waals surface area contributed by atoms with Crippen LogP contribution in [-0.2, 0) is 6.54 Å². The highest BCUT2D eigenvalue weighted by Gasteiger charge is 2.08. The van der Waals surface area contributed by atoms with Crippen molar-refractivity contribution in [2.45, 2.75) is 27.3 Å². The summed E-state index contributed by atoms with van der Waals surface area (Å²) in [5, 5.41) is 0. The fraction of sp³-hybridized carbons (Fsp3) is 0.267. The second kappa shape index (κ2) is 4.78. The van der Waals surface area contributed by atoms with Gasteiger partial charge in [0.05, 0.1) is 5.69 Å². The summed E-state index contributed by atoms with van der Waals surface area (Å²) >= 11 is 0. The van der Waals surface area contributed by atoms with Crippen LogP contribution in [0.3, 0.4) is 0 Å². The van der Waals surface area contributed by atoms with E-state index >= 15 is 0 Å². The second-order valence-electron chi connectivity index (χ2n) is 4.62. The molecule has 18 heavy (non-hydrogen) atoms. The fourth-order valence-electron chi connectivity index (χ4n) is 2.25. The molecular weight excluding hydrogens is 224 g/mol. The molecule has 3 heteroatoms. The van der Waals surface area contributed by atoms with Crippen LogP contribution in [0.2, 0.25) is 0 Å². The second-order valence-corrected chi connectivity index (χ2v) is 4.62. The normalized spacial score (nSPS) is 10.7. The molecule has 0 aliphatic carbocycles. The minimum Gasteiger partial charge on any atom is -0.326 e. The van der Waals surface area contributed by atoms with E-state index in [1.165, 1.54) is 11.1 Å². The zero-order valence-corrected chi connectivity index (χ0v) is 11.0. The number of aryl methyl sites for hydroxylation is 3. The predicted octanol–water partition coefficient (Wildman–Crippen LogP) is 2.22. The maximum absolute atomic E-state index is 11.7. The van der Waals surface area contributed by atoms with Gasteiger partial charge in [-0.1, -0.05) is 18.2 Å². The van der Waals surface area contributed by atoms with Gasteiger partial charge in [-0.3, -0.25) is 4.79 Å². The number of para-hydroxylation sites is 1. The summed E-state index contributed by atoms with van der Waals surface area (Å²) < 4.78 is 2.05. The zero-order valence-electron chi connectivity index (χ0n) is 11.0. The van der Waals surface area contributed by atoms with Crippen LogP contribution in [0.1, 0.15) is 22.4 Å². The first kappa shape index (κ1) is 12.6. The number of hydrogen-bond donors (Lipinski definition) is 1. The molecule has 0 bridgehead atoms. The molecule has 1 heterocycles. The van der Waals surface area contributed by atoms with Crippen LogP contribution in [0.15, 0.2) is 35.3 Å². The first-order chi connectivity index (χ1) is 8.54. The van der Waals surface area contributed by atoms with E-state index in [4.69, 9.17) is 5.73 Å². The van der Waals surface area contributed by atoms with Crippen molar-refractivity contribution in [2.24, 2.45) is 5.73 Å². The Balaban J connectivity index is 2.75. The lowest BCUT2D eigenvalue weighted by Gasteiger charge is -2.17. The molecule has 2 N–H and O–H groups in total. The fourth-order valence-corrected chi connectivity index (χ4v) is 2.25. The molecule has 0 atom stereocenters. The Bertz CT molecular complexity index is 621. The van der Waals surface area contributed by atoms with Gasteiger partial charge in [0.25, 0.3) is 0 Å². The third-order valence-electron chi connectivity index (χ3n) is 3.22. The molecule has 0 unspecified atom stereocenters. The van der Waals surface area contributed by atoms with E-state index < -0.39 is 0 Å². The molecule has 2 aromatic rings. The van der Waals surface area contributed by atoms with Gasteiger partial charge >= 0.3 is 0 Å². The van der Waals surface area contributed by atoms with Gasteiger partial charge in [-0.2, -0.15) is 0 Å². The molecule has 0 aliphatic rings. The SMILES string of the molecule is Cc1cccc(C)c1-n1cc(CN)c(=O)cc1C. The first-order valence-electron chi connectivity index (χ1n) is 6.03. The summed E-state index contributed by atoms with van der Waals surface area (Å²) in [7, 11) is 0. The maximum Gasteiger partial charge on any atom is 0.186 e. The highest BCUT2D eigenvalue weighted by molar-refractivity contribution is 5.48. The topological polar surface area (TPSA) is 48.0 Å². The average Bonchev–Trinajstić information content (AvgIpc) is 2.31. The van der Waals surface area contributed by atoms with E-state index in [1.54, 1.807) is 6.07 Å². The minimum atomic E-state index is 0.0116. The van der Waals surface area contributed by atoms with Crippen LogP contribution in [0.25, 0.3) is 5.69 Å². The number of aromatic nitrogens is 1. The van der Waals surface area contributed by atoms with Crippen LogP contribution in [0.5, 0.6) is 0 Å². The van der Waals surface area contributed by atoms with Gasteiger partial charge in [0, 0.05) is 30.1 Å². The summed E-state index contributed by atoms with van der Waals surface area (Å²) in [5.41, 5.74) is 10.7. The smallest absolute Gasteiger partial charge is 0.186 e. The molecule has 0 saturated carbocycles. The molecule has 1 aromatic carbocycles. The number of pyridine rings is 1. The molecule has 0 aliphatic heterocycles. The van der Waals surface area contributed by atoms with Gasteiger partial charge < -0.3 is 10.3 Å². The summed E-state index contributed by atoms with van der Waals surface area (Å²) in [6.45, 7) is 6.35. The quantitative estimate of drug-likeness (QED) is 0.877. The minimum absolute atomic E-state index is 0.0116. The lowest BCUT2D eigenvalue weighted by atomic mass is 10.1. The molecule has 3 nitrogen and oxygen atoms in total. The molecule has 1 aromatic heterocycles. The van der Waals surface area contributed by atoms with Crippen molar-refractivity contribution in [1.29, 1.82) is 0 Å². The van der Waals surface area contributed by atoms with E-state index in [0.717, 1.165) is 11.4 Å². The highest BCUT2D eigenvalue weighted by atomic mass is 16.1. The lowest BCUT2D eigenvalue weighted by Crippen LogP contribution is -2.17. The molecule has 0 amide bonds. The maximum atomic E-state index is 11.7. The van der Waals surface area contributed by atoms with Crippen LogP contribution in [-0.4, -0.2) is 4.57 Å². The Kier molecular flexibility index (Phi) is 3.34. The van der Waals surface area contributed by atoms with E-state index in [0.29, 0.717) is 5.56 Å². The number of nitrogens with two attached hydrogens (primary N) is 1. The number of rotatable bonds is 2. The third kappa shape index (κ3) is 2.09. The third-order valence-corrected chi connectivity index (χ3v) is 3.22. The number of nitrogens with zero attached hydrogens (tertiary/aromatic N) is 1. The van der Waals surface area contributed by atoms with Crippen molar-refractivity contribution < 1.29 is 0 Å². The van der Waals surface area contributed by atoms with Crippen molar-refractivity contribution >= 4 is 0 Å². The van der Waals surface area contributed by atoms with Gasteiger partial charge in [0.2, 0.25) is 0 Å². The Labute approximate surface area is 107 Å². The van der Waals surface area contributed by atoms with Crippen molar-refractivity contribution in [3.8, 4) is 5.69 Å². The number of benzene rings is 1. The zero-order chi connectivity index (χ0) is 13.3. The average molecular weight is 242 g/mol. The molecule has 0 saturated heterocycles. The van der Waals surface area contributed by atoms with Gasteiger partial charge in [0.1, 0.15) is 0 Å². The molecule has 0 radical (unpaired) electrons. The van der Waals surface area contributed by atoms with E-state index in [1.807, 2.05) is 23.8 Å².